The summed E-state index contributed by atoms with van der Waals surface area (Å²) < 4.78 is 139. The maximum Gasteiger partial charge on any atom is 0.479 e. The van der Waals surface area contributed by atoms with E-state index in [9.17, 15) is 38.4 Å². The highest BCUT2D eigenvalue weighted by Gasteiger charge is 2.83. The molecule has 16 N–H and O–H groups in total. The number of nitrogens with two attached hydrogens (primary N) is 8. The van der Waals surface area contributed by atoms with Gasteiger partial charge < -0.3 is 133 Å². The Morgan fingerprint density at radius 3 is 0.371 bits per heavy atom. The van der Waals surface area contributed by atoms with Crippen LogP contribution in [0.5, 0.6) is 0 Å². The predicted molar refractivity (Wildman–Crippen MR) is 491 cm³/mol. The molecule has 0 radical (unpaired) electrons. The largest absolute Gasteiger partial charge is 0.479 e. The number of ether oxygens (including phenoxy) is 8. The molecule has 6 fully saturated rings. The van der Waals surface area contributed by atoms with Crippen LogP contribution in [-0.4, -0.2) is 311 Å². The van der Waals surface area contributed by atoms with E-state index in [1.165, 1.54) is 94.1 Å². The van der Waals surface area contributed by atoms with E-state index in [1.54, 1.807) is 55.4 Å². The van der Waals surface area contributed by atoms with Crippen molar-refractivity contribution in [2.45, 2.75) is 152 Å². The van der Waals surface area contributed by atoms with E-state index >= 15 is 0 Å². The average molecular weight is 2120 g/mol. The molecular formula is C56H120Cl8N8O28S8Si8. The number of hydrogen-bond acceptors (Lipinski definition) is 44. The zero-order valence-corrected chi connectivity index (χ0v) is 86.9. The maximum absolute atomic E-state index is 13.1. The van der Waals surface area contributed by atoms with Crippen LogP contribution in [0, 0.1) is 0 Å². The molecule has 0 aromatic carbocycles. The fourth-order valence-corrected chi connectivity index (χ4v) is 73.0. The minimum absolute atomic E-state index is 0. The van der Waals surface area contributed by atoms with Crippen LogP contribution in [-0.2, 0) is 126 Å². The lowest BCUT2D eigenvalue weighted by molar-refractivity contribution is -0.144. The lowest BCUT2D eigenvalue weighted by Crippen LogP contribution is -2.88. The van der Waals surface area contributed by atoms with E-state index in [1.807, 2.05) is 0 Å². The van der Waals surface area contributed by atoms with Crippen molar-refractivity contribution >= 4 is 312 Å². The minimum atomic E-state index is -4.94. The number of rotatable bonds is 56. The van der Waals surface area contributed by atoms with Crippen LogP contribution >= 0.6 is 193 Å². The number of hydrogen-bond donors (Lipinski definition) is 8. The Hall–Kier alpha value is 1.82. The Labute approximate surface area is 772 Å². The molecule has 0 saturated carbocycles. The first kappa shape index (κ1) is 124. The molecule has 6 rings (SSSR count). The van der Waals surface area contributed by atoms with Crippen molar-refractivity contribution < 1.29 is 126 Å². The van der Waals surface area contributed by atoms with E-state index < -0.39 is 167 Å². The van der Waals surface area contributed by atoms with Crippen LogP contribution in [0.3, 0.4) is 0 Å². The summed E-state index contributed by atoms with van der Waals surface area (Å²) in [4.78, 5) is 105. The van der Waals surface area contributed by atoms with Crippen LogP contribution in [0.1, 0.15) is 55.4 Å². The Morgan fingerprint density at radius 2 is 0.293 bits per heavy atom. The summed E-state index contributed by atoms with van der Waals surface area (Å²) in [7, 11) is -39.5. The highest BCUT2D eigenvalue weighted by molar-refractivity contribution is 8.01. The molecule has 0 aliphatic carbocycles. The van der Waals surface area contributed by atoms with Crippen molar-refractivity contribution in [3.8, 4) is 0 Å². The molecule has 0 unspecified atom stereocenters. The molecule has 0 aromatic rings. The zero-order valence-electron chi connectivity index (χ0n) is 65.8. The van der Waals surface area contributed by atoms with Crippen LogP contribution in [0.2, 0.25) is 48.4 Å². The van der Waals surface area contributed by atoms with Gasteiger partial charge >= 0.3 is 118 Å². The summed E-state index contributed by atoms with van der Waals surface area (Å²) >= 11 is 10.1. The third-order valence-electron chi connectivity index (χ3n) is 15.2. The number of esters is 8. The molecule has 6 aliphatic heterocycles. The van der Waals surface area contributed by atoms with Crippen molar-refractivity contribution in [2.24, 2.45) is 45.9 Å². The van der Waals surface area contributed by atoms with Crippen LogP contribution in [0.4, 0.5) is 0 Å². The quantitative estimate of drug-likeness (QED) is 0.0184. The second-order valence-corrected chi connectivity index (χ2v) is 58.1. The summed E-state index contributed by atoms with van der Waals surface area (Å²) in [6, 6.07) is -9.79. The van der Waals surface area contributed by atoms with Gasteiger partial charge in [-0.05, 0) is 101 Å². The van der Waals surface area contributed by atoms with Gasteiger partial charge in [-0.3, -0.25) is 38.4 Å². The lowest BCUT2D eigenvalue weighted by Gasteiger charge is -2.63. The highest BCUT2D eigenvalue weighted by atomic mass is 35.5. The normalized spacial score (nSPS) is 25.9. The Bertz CT molecular complexity index is 2280. The topological polar surface area (TPSA) is 529 Å². The number of carbonyl (C=O) groups excluding carboxylic acids is 8. The second kappa shape index (κ2) is 62.9. The average Bonchev–Trinajstić information content (AvgIpc) is 0.687. The molecule has 36 nitrogen and oxygen atoms in total. The zero-order chi connectivity index (χ0) is 79.7. The molecule has 0 aromatic heterocycles. The first-order valence-electron chi connectivity index (χ1n) is 35.8. The van der Waals surface area contributed by atoms with Crippen LogP contribution in [0.25, 0.3) is 0 Å². The van der Waals surface area contributed by atoms with Gasteiger partial charge in [-0.1, -0.05) is 0 Å². The van der Waals surface area contributed by atoms with Crippen molar-refractivity contribution in [2.75, 3.05) is 145 Å². The van der Waals surface area contributed by atoms with E-state index in [4.69, 9.17) is 133 Å². The third kappa shape index (κ3) is 40.6. The summed E-state index contributed by atoms with van der Waals surface area (Å²) in [5.74, 6) is -4.07. The maximum atomic E-state index is 13.1. The Morgan fingerprint density at radius 1 is 0.207 bits per heavy atom. The van der Waals surface area contributed by atoms with Crippen molar-refractivity contribution in [3.05, 3.63) is 0 Å². The Balaban J connectivity index is -0.00000784. The molecule has 688 valence electrons. The van der Waals surface area contributed by atoms with Gasteiger partial charge in [0, 0.05) is 94.4 Å². The monoisotopic (exact) mass is 2110 g/mol. The smallest absolute Gasteiger partial charge is 0.465 e. The van der Waals surface area contributed by atoms with Gasteiger partial charge in [-0.25, -0.2) is 0 Å². The first-order chi connectivity index (χ1) is 51.4. The number of carbonyl (C=O) groups is 8. The summed E-state index contributed by atoms with van der Waals surface area (Å²) in [5, 5.41) is 0. The molecule has 0 spiro atoms. The second-order valence-electron chi connectivity index (χ2n) is 24.2. The SMILES string of the molecule is CCOC(=O)[C@@H](N)CSCC[Si]12O[Si]3(CCSC[C@H](N)C(=O)OCC)O[Si]4(CCSC[C@H](N)C(=O)OCC)O[Si](CCSC[C@H](N)C(=O)OCC)(O1)O[Si]1(CCSC[C@H](N)C(=O)OCC)O[Si](CCSC[C@H](N)C(=O)OCC)(O2)O[Si](CCSC[C@H](N)C(=O)OCC)(O3)O[Si](CCSC[C@H](N)C(=O)OCC)(O4)O1.Cl.Cl.Cl.Cl.Cl.Cl.Cl.Cl. The molecule has 60 heteroatoms. The van der Waals surface area contributed by atoms with E-state index in [2.05, 4.69) is 0 Å². The van der Waals surface area contributed by atoms with E-state index in [0.717, 1.165) is 0 Å². The van der Waals surface area contributed by atoms with Crippen molar-refractivity contribution in [1.29, 1.82) is 0 Å². The molecule has 116 heavy (non-hydrogen) atoms. The summed E-state index contributed by atoms with van der Waals surface area (Å²) in [6.45, 7) is 13.9. The minimum Gasteiger partial charge on any atom is -0.465 e. The summed E-state index contributed by atoms with van der Waals surface area (Å²) in [5.41, 5.74) is 51.7. The standard InChI is InChI=1S/C56H112N8O28S8Si8.8ClH/c1-9-73-49(65)41(57)33-93-17-25-101-81-102(26-18-94-34-42(58)50(66)74-10-2)84-105(29-21-97-37-45(61)53(69)77-13-5)86-103(82-101,27-19-95-35-43(59)51(67)75-11-3)88-107(31-23-99-39-47(63)55(71)79-15-7)89-104(83-101,28-20-96-36-44(60)52(68)76-12-4)87-106(85-102,30-22-98-38-46(62)54(70)78-14-6)91-108(90-105,92-107)32-24-100-40-48(64)56(72)80-16-8;;;;;;;;/h41-48H,9-40,57-64H2,1-8H3;8*1H/t41-,42-,43-,44-,45-,46-,47-,48-,101?,102?,103?,104?,105?,106?,107?,108?;;;;;;;;/m0......../s1. The summed E-state index contributed by atoms with van der Waals surface area (Å²) in [6.07, 6.45) is 0. The number of halogens is 8. The molecular weight excluding hydrogens is 2000 g/mol. The number of thioether (sulfide) groups is 8. The molecule has 6 heterocycles. The Kier molecular flexibility index (Phi) is 67.3. The van der Waals surface area contributed by atoms with Gasteiger partial charge in [0.15, 0.2) is 0 Å². The predicted octanol–water partition coefficient (Wildman–Crippen LogP) is 4.13. The van der Waals surface area contributed by atoms with Gasteiger partial charge in [0.25, 0.3) is 0 Å². The van der Waals surface area contributed by atoms with Gasteiger partial charge in [0.1, 0.15) is 48.3 Å². The highest BCUT2D eigenvalue weighted by Crippen LogP contribution is 2.55. The van der Waals surface area contributed by atoms with Crippen molar-refractivity contribution in [3.63, 3.8) is 0 Å². The van der Waals surface area contributed by atoms with Crippen LogP contribution in [0.15, 0.2) is 0 Å². The van der Waals surface area contributed by atoms with Gasteiger partial charge in [0.2, 0.25) is 0 Å². The van der Waals surface area contributed by atoms with E-state index in [0.29, 0.717) is 0 Å². The fourth-order valence-electron chi connectivity index (χ4n) is 10.4. The van der Waals surface area contributed by atoms with Crippen LogP contribution < -0.4 is 45.9 Å². The molecule has 0 amide bonds. The van der Waals surface area contributed by atoms with E-state index in [-0.39, 0.29) is 293 Å². The molecule has 6 saturated heterocycles. The molecule has 8 bridgehead atoms. The van der Waals surface area contributed by atoms with Gasteiger partial charge in [0.05, 0.1) is 52.9 Å². The van der Waals surface area contributed by atoms with Crippen molar-refractivity contribution in [1.82, 2.24) is 0 Å². The third-order valence-corrected chi connectivity index (χ3v) is 63.6. The fraction of sp³-hybridized carbons (Fsp3) is 0.857. The van der Waals surface area contributed by atoms with Gasteiger partial charge in [-0.2, -0.15) is 94.1 Å². The lowest BCUT2D eigenvalue weighted by atomic mass is 10.4. The molecule has 8 atom stereocenters. The molecule has 6 aliphatic rings. The van der Waals surface area contributed by atoms with Gasteiger partial charge in [-0.15, -0.1) is 99.3 Å². The first-order valence-corrected chi connectivity index (χ1v) is 60.5.